The molecule has 0 aliphatic heterocycles. The summed E-state index contributed by atoms with van der Waals surface area (Å²) in [6, 6.07) is 15.2. The highest BCUT2D eigenvalue weighted by atomic mass is 32.1. The Labute approximate surface area is 160 Å². The van der Waals surface area contributed by atoms with Crippen molar-refractivity contribution in [2.75, 3.05) is 13.2 Å². The summed E-state index contributed by atoms with van der Waals surface area (Å²) in [5.74, 6) is 0.00589. The molecule has 2 aromatic carbocycles. The average molecular weight is 381 g/mol. The highest BCUT2D eigenvalue weighted by Gasteiger charge is 2.09. The first kappa shape index (κ1) is 18.6. The van der Waals surface area contributed by atoms with Crippen molar-refractivity contribution in [1.82, 2.24) is 10.7 Å². The van der Waals surface area contributed by atoms with Crippen molar-refractivity contribution in [2.45, 2.75) is 6.92 Å². The number of ether oxygens (including phenoxy) is 1. The third kappa shape index (κ3) is 4.71. The Bertz CT molecular complexity index is 968. The molecule has 6 nitrogen and oxygen atoms in total. The zero-order valence-corrected chi connectivity index (χ0v) is 15.6. The van der Waals surface area contributed by atoms with E-state index in [1.807, 2.05) is 43.3 Å². The average Bonchev–Trinajstić information content (AvgIpc) is 3.22. The molecule has 1 aromatic heterocycles. The lowest BCUT2D eigenvalue weighted by Gasteiger charge is -2.10. The number of carbonyl (C=O) groups excluding carboxylic acids is 2. The van der Waals surface area contributed by atoms with Crippen LogP contribution in [0.2, 0.25) is 0 Å². The lowest BCUT2D eigenvalue weighted by atomic mass is 10.0. The number of rotatable bonds is 7. The number of amides is 2. The van der Waals surface area contributed by atoms with Crippen molar-refractivity contribution >= 4 is 40.1 Å². The predicted molar refractivity (Wildman–Crippen MR) is 108 cm³/mol. The fourth-order valence-corrected chi connectivity index (χ4v) is 3.19. The highest BCUT2D eigenvalue weighted by Crippen LogP contribution is 2.26. The maximum Gasteiger partial charge on any atom is 0.261 e. The fraction of sp³-hybridized carbons (Fsp3) is 0.150. The van der Waals surface area contributed by atoms with Crippen molar-refractivity contribution in [3.05, 3.63) is 64.4 Å². The van der Waals surface area contributed by atoms with Gasteiger partial charge in [-0.1, -0.05) is 36.4 Å². The molecule has 0 saturated carbocycles. The molecule has 0 fully saturated rings. The van der Waals surface area contributed by atoms with E-state index in [2.05, 4.69) is 15.8 Å². The summed E-state index contributed by atoms with van der Waals surface area (Å²) in [6.45, 7) is 2.29. The molecule has 0 aliphatic carbocycles. The van der Waals surface area contributed by atoms with E-state index in [-0.39, 0.29) is 12.5 Å². The molecule has 1 heterocycles. The number of fused-ring (bicyclic) bond motifs is 1. The minimum atomic E-state index is -0.408. The van der Waals surface area contributed by atoms with Gasteiger partial charge in [-0.25, -0.2) is 5.43 Å². The summed E-state index contributed by atoms with van der Waals surface area (Å²) >= 11 is 1.32. The number of nitrogens with one attached hydrogen (secondary N) is 2. The first-order valence-corrected chi connectivity index (χ1v) is 9.35. The molecule has 0 aliphatic rings. The topological polar surface area (TPSA) is 79.8 Å². The molecular formula is C20H19N3O3S. The molecule has 0 bridgehead atoms. The lowest BCUT2D eigenvalue weighted by Crippen LogP contribution is -2.34. The molecule has 7 heteroatoms. The monoisotopic (exact) mass is 381 g/mol. The van der Waals surface area contributed by atoms with Gasteiger partial charge in [0.25, 0.3) is 11.8 Å². The zero-order valence-electron chi connectivity index (χ0n) is 14.8. The molecule has 3 aromatic rings. The Morgan fingerprint density at radius 2 is 2.00 bits per heavy atom. The Hall–Kier alpha value is -3.19. The second-order valence-corrected chi connectivity index (χ2v) is 6.53. The molecular weight excluding hydrogens is 362 g/mol. The summed E-state index contributed by atoms with van der Waals surface area (Å²) in [5.41, 5.74) is 3.22. The largest absolute Gasteiger partial charge is 0.493 e. The standard InChI is InChI=1S/C20H19N3O3S/c1-2-26-17-10-9-14-6-3-4-7-15(14)16(17)12-22-23-19(24)13-21-20(25)18-8-5-11-27-18/h3-12H,2,13H2,1H3,(H,21,25)(H,23,24). The van der Waals surface area contributed by atoms with E-state index in [0.29, 0.717) is 17.2 Å². The van der Waals surface area contributed by atoms with Gasteiger partial charge < -0.3 is 10.1 Å². The van der Waals surface area contributed by atoms with E-state index in [4.69, 9.17) is 4.74 Å². The van der Waals surface area contributed by atoms with E-state index in [9.17, 15) is 9.59 Å². The Balaban J connectivity index is 1.66. The molecule has 2 N–H and O–H groups in total. The van der Waals surface area contributed by atoms with Crippen molar-refractivity contribution in [1.29, 1.82) is 0 Å². The van der Waals surface area contributed by atoms with E-state index in [1.54, 1.807) is 23.7 Å². The van der Waals surface area contributed by atoms with Crippen LogP contribution in [0.15, 0.2) is 59.0 Å². The van der Waals surface area contributed by atoms with Crippen LogP contribution in [0.1, 0.15) is 22.2 Å². The van der Waals surface area contributed by atoms with Crippen LogP contribution >= 0.6 is 11.3 Å². The number of hydrogen-bond acceptors (Lipinski definition) is 5. The van der Waals surface area contributed by atoms with Crippen LogP contribution in [0.25, 0.3) is 10.8 Å². The molecule has 0 saturated heterocycles. The predicted octanol–water partition coefficient (Wildman–Crippen LogP) is 3.18. The Morgan fingerprint density at radius 3 is 2.78 bits per heavy atom. The normalized spacial score (nSPS) is 10.9. The van der Waals surface area contributed by atoms with E-state index in [1.165, 1.54) is 11.3 Å². The zero-order chi connectivity index (χ0) is 19.1. The molecule has 0 radical (unpaired) electrons. The van der Waals surface area contributed by atoms with Crippen LogP contribution in [-0.4, -0.2) is 31.2 Å². The summed E-state index contributed by atoms with van der Waals surface area (Å²) in [6.07, 6.45) is 1.56. The lowest BCUT2D eigenvalue weighted by molar-refractivity contribution is -0.120. The minimum Gasteiger partial charge on any atom is -0.493 e. The van der Waals surface area contributed by atoms with Gasteiger partial charge in [0.05, 0.1) is 24.2 Å². The van der Waals surface area contributed by atoms with Gasteiger partial charge in [-0.2, -0.15) is 5.10 Å². The van der Waals surface area contributed by atoms with Crippen molar-refractivity contribution < 1.29 is 14.3 Å². The highest BCUT2D eigenvalue weighted by molar-refractivity contribution is 7.12. The maximum atomic E-state index is 11.9. The van der Waals surface area contributed by atoms with Crippen LogP contribution in [0, 0.1) is 0 Å². The van der Waals surface area contributed by atoms with Gasteiger partial charge >= 0.3 is 0 Å². The van der Waals surface area contributed by atoms with Gasteiger partial charge in [-0.3, -0.25) is 9.59 Å². The molecule has 2 amide bonds. The molecule has 0 atom stereocenters. The molecule has 0 spiro atoms. The molecule has 3 rings (SSSR count). The van der Waals surface area contributed by atoms with Gasteiger partial charge in [0, 0.05) is 5.56 Å². The van der Waals surface area contributed by atoms with Gasteiger partial charge in [0.2, 0.25) is 0 Å². The van der Waals surface area contributed by atoms with Crippen LogP contribution < -0.4 is 15.5 Å². The second kappa shape index (κ2) is 8.95. The maximum absolute atomic E-state index is 11.9. The van der Waals surface area contributed by atoms with Crippen molar-refractivity contribution in [2.24, 2.45) is 5.10 Å². The number of hydrogen-bond donors (Lipinski definition) is 2. The number of hydrazone groups is 1. The first-order chi connectivity index (χ1) is 13.2. The summed E-state index contributed by atoms with van der Waals surface area (Å²) in [7, 11) is 0. The minimum absolute atomic E-state index is 0.151. The van der Waals surface area contributed by atoms with Crippen LogP contribution in [0.4, 0.5) is 0 Å². The first-order valence-electron chi connectivity index (χ1n) is 8.47. The van der Waals surface area contributed by atoms with Crippen molar-refractivity contribution in [3.8, 4) is 5.75 Å². The fourth-order valence-electron chi connectivity index (χ4n) is 2.55. The number of nitrogens with zero attached hydrogens (tertiary/aromatic N) is 1. The summed E-state index contributed by atoms with van der Waals surface area (Å²) < 4.78 is 5.66. The van der Waals surface area contributed by atoms with E-state index in [0.717, 1.165) is 16.3 Å². The second-order valence-electron chi connectivity index (χ2n) is 5.58. The smallest absolute Gasteiger partial charge is 0.261 e. The third-order valence-electron chi connectivity index (χ3n) is 3.77. The summed E-state index contributed by atoms with van der Waals surface area (Å²) in [4.78, 5) is 24.3. The number of benzene rings is 2. The van der Waals surface area contributed by atoms with Gasteiger partial charge in [0.15, 0.2) is 0 Å². The quantitative estimate of drug-likeness (QED) is 0.487. The number of thiophene rings is 1. The van der Waals surface area contributed by atoms with Gasteiger partial charge in [-0.05, 0) is 35.2 Å². The van der Waals surface area contributed by atoms with Gasteiger partial charge in [-0.15, -0.1) is 11.3 Å². The summed E-state index contributed by atoms with van der Waals surface area (Å²) in [5, 5.41) is 10.4. The van der Waals surface area contributed by atoms with Crippen LogP contribution in [0.3, 0.4) is 0 Å². The van der Waals surface area contributed by atoms with Crippen molar-refractivity contribution in [3.63, 3.8) is 0 Å². The van der Waals surface area contributed by atoms with E-state index < -0.39 is 5.91 Å². The number of carbonyl (C=O) groups is 2. The van der Waals surface area contributed by atoms with E-state index >= 15 is 0 Å². The SMILES string of the molecule is CCOc1ccc2ccccc2c1C=NNC(=O)CNC(=O)c1cccs1. The molecule has 27 heavy (non-hydrogen) atoms. The van der Waals surface area contributed by atoms with Gasteiger partial charge in [0.1, 0.15) is 5.75 Å². The van der Waals surface area contributed by atoms with Crippen LogP contribution in [-0.2, 0) is 4.79 Å². The third-order valence-corrected chi connectivity index (χ3v) is 4.64. The Kier molecular flexibility index (Phi) is 6.17. The molecule has 0 unspecified atom stereocenters. The Morgan fingerprint density at radius 1 is 1.15 bits per heavy atom. The van der Waals surface area contributed by atoms with Crippen LogP contribution in [0.5, 0.6) is 5.75 Å². The molecule has 138 valence electrons.